The molecule has 0 unspecified atom stereocenters. The average molecular weight is 342 g/mol. The Morgan fingerprint density at radius 1 is 1.32 bits per heavy atom. The van der Waals surface area contributed by atoms with Gasteiger partial charge in [0.25, 0.3) is 0 Å². The van der Waals surface area contributed by atoms with Gasteiger partial charge in [-0.2, -0.15) is 5.10 Å². The van der Waals surface area contributed by atoms with Crippen molar-refractivity contribution in [3.63, 3.8) is 0 Å². The third-order valence-electron chi connectivity index (χ3n) is 4.53. The zero-order valence-electron chi connectivity index (χ0n) is 14.9. The molecule has 1 aliphatic carbocycles. The molecule has 2 N–H and O–H groups in total. The van der Waals surface area contributed by atoms with Crippen molar-refractivity contribution in [3.8, 4) is 0 Å². The summed E-state index contributed by atoms with van der Waals surface area (Å²) in [6.45, 7) is 3.91. The van der Waals surface area contributed by atoms with Crippen LogP contribution in [0.4, 0.5) is 10.6 Å². The molecular formula is C18H26N6O. The van der Waals surface area contributed by atoms with Crippen LogP contribution in [0.2, 0.25) is 0 Å². The van der Waals surface area contributed by atoms with Crippen molar-refractivity contribution in [1.82, 2.24) is 25.1 Å². The minimum Gasteiger partial charge on any atom is -0.335 e. The monoisotopic (exact) mass is 342 g/mol. The number of carbonyl (C=O) groups excluding carboxylic acids is 1. The van der Waals surface area contributed by atoms with Crippen molar-refractivity contribution in [2.75, 3.05) is 5.32 Å². The number of aromatic nitrogens is 4. The van der Waals surface area contributed by atoms with Crippen LogP contribution in [-0.2, 0) is 6.42 Å². The van der Waals surface area contributed by atoms with Crippen LogP contribution in [0.1, 0.15) is 56.5 Å². The quantitative estimate of drug-likeness (QED) is 0.873. The van der Waals surface area contributed by atoms with Crippen LogP contribution in [0.25, 0.3) is 0 Å². The first kappa shape index (κ1) is 17.4. The fourth-order valence-corrected chi connectivity index (χ4v) is 3.39. The summed E-state index contributed by atoms with van der Waals surface area (Å²) >= 11 is 0. The van der Waals surface area contributed by atoms with Gasteiger partial charge in [-0.3, -0.25) is 15.3 Å². The minimum atomic E-state index is -0.214. The Bertz CT molecular complexity index is 693. The normalized spacial score (nSPS) is 16.4. The van der Waals surface area contributed by atoms with Crippen molar-refractivity contribution in [3.05, 3.63) is 36.0 Å². The minimum absolute atomic E-state index is 0.0381. The van der Waals surface area contributed by atoms with E-state index < -0.39 is 0 Å². The van der Waals surface area contributed by atoms with Crippen molar-refractivity contribution in [1.29, 1.82) is 0 Å². The molecule has 1 fully saturated rings. The highest BCUT2D eigenvalue weighted by molar-refractivity contribution is 5.88. The second kappa shape index (κ2) is 8.09. The van der Waals surface area contributed by atoms with Crippen LogP contribution < -0.4 is 10.6 Å². The van der Waals surface area contributed by atoms with E-state index in [-0.39, 0.29) is 12.1 Å². The van der Waals surface area contributed by atoms with Crippen LogP contribution in [0.15, 0.2) is 24.7 Å². The summed E-state index contributed by atoms with van der Waals surface area (Å²) in [5, 5.41) is 10.5. The van der Waals surface area contributed by atoms with Gasteiger partial charge in [-0.05, 0) is 26.7 Å². The van der Waals surface area contributed by atoms with E-state index in [1.54, 1.807) is 18.6 Å². The summed E-state index contributed by atoms with van der Waals surface area (Å²) in [7, 11) is 0. The lowest BCUT2D eigenvalue weighted by Crippen LogP contribution is -2.38. The predicted molar refractivity (Wildman–Crippen MR) is 96.4 cm³/mol. The maximum absolute atomic E-state index is 12.4. The summed E-state index contributed by atoms with van der Waals surface area (Å²) in [6.07, 6.45) is 11.7. The number of nitrogens with one attached hydrogen (secondary N) is 2. The van der Waals surface area contributed by atoms with Crippen molar-refractivity contribution in [2.45, 2.75) is 64.5 Å². The van der Waals surface area contributed by atoms with Gasteiger partial charge < -0.3 is 5.32 Å². The number of hydrogen-bond donors (Lipinski definition) is 2. The zero-order valence-corrected chi connectivity index (χ0v) is 14.9. The van der Waals surface area contributed by atoms with Crippen molar-refractivity contribution >= 4 is 11.8 Å². The van der Waals surface area contributed by atoms with E-state index in [0.29, 0.717) is 12.5 Å². The van der Waals surface area contributed by atoms with Gasteiger partial charge in [0.2, 0.25) is 0 Å². The Morgan fingerprint density at radius 3 is 2.84 bits per heavy atom. The molecular weight excluding hydrogens is 316 g/mol. The highest BCUT2D eigenvalue weighted by Crippen LogP contribution is 2.30. The lowest BCUT2D eigenvalue weighted by atomic mass is 9.96. The number of carbonyl (C=O) groups is 1. The maximum atomic E-state index is 12.4. The molecule has 0 bridgehead atoms. The molecule has 25 heavy (non-hydrogen) atoms. The van der Waals surface area contributed by atoms with Gasteiger partial charge in [0.1, 0.15) is 5.82 Å². The summed E-state index contributed by atoms with van der Waals surface area (Å²) in [6, 6.07) is 2.06. The smallest absolute Gasteiger partial charge is 0.320 e. The molecule has 2 aromatic heterocycles. The van der Waals surface area contributed by atoms with Crippen LogP contribution in [0, 0.1) is 6.92 Å². The molecule has 0 spiro atoms. The Hall–Kier alpha value is -2.44. The summed E-state index contributed by atoms with van der Waals surface area (Å²) in [5.41, 5.74) is 1.78. The number of aryl methyl sites for hydroxylation is 1. The predicted octanol–water partition coefficient (Wildman–Crippen LogP) is 3.24. The number of anilines is 1. The lowest BCUT2D eigenvalue weighted by molar-refractivity contribution is 0.248. The summed E-state index contributed by atoms with van der Waals surface area (Å²) in [5.74, 6) is 0.772. The van der Waals surface area contributed by atoms with E-state index in [1.807, 2.05) is 24.6 Å². The van der Waals surface area contributed by atoms with E-state index >= 15 is 0 Å². The summed E-state index contributed by atoms with van der Waals surface area (Å²) in [4.78, 5) is 20.6. The molecule has 7 nitrogen and oxygen atoms in total. The Labute approximate surface area is 148 Å². The highest BCUT2D eigenvalue weighted by Gasteiger charge is 2.20. The van der Waals surface area contributed by atoms with Gasteiger partial charge >= 0.3 is 6.03 Å². The van der Waals surface area contributed by atoms with E-state index in [2.05, 4.69) is 25.7 Å². The van der Waals surface area contributed by atoms with E-state index in [4.69, 9.17) is 0 Å². The molecule has 2 heterocycles. The lowest BCUT2D eigenvalue weighted by Gasteiger charge is -2.24. The van der Waals surface area contributed by atoms with Gasteiger partial charge in [0.05, 0.1) is 17.4 Å². The molecule has 7 heteroatoms. The van der Waals surface area contributed by atoms with E-state index in [1.165, 1.54) is 19.3 Å². The number of nitrogens with zero attached hydrogens (tertiary/aromatic N) is 4. The fourth-order valence-electron chi connectivity index (χ4n) is 3.39. The second-order valence-electron chi connectivity index (χ2n) is 6.81. The summed E-state index contributed by atoms with van der Waals surface area (Å²) < 4.78 is 1.99. The first-order chi connectivity index (χ1) is 12.1. The second-order valence-corrected chi connectivity index (χ2v) is 6.81. The Kier molecular flexibility index (Phi) is 5.63. The number of hydrogen-bond acceptors (Lipinski definition) is 4. The van der Waals surface area contributed by atoms with Crippen LogP contribution in [0.5, 0.6) is 0 Å². The first-order valence-corrected chi connectivity index (χ1v) is 9.00. The van der Waals surface area contributed by atoms with Crippen LogP contribution >= 0.6 is 0 Å². The topological polar surface area (TPSA) is 84.7 Å². The molecule has 0 radical (unpaired) electrons. The number of urea groups is 1. The van der Waals surface area contributed by atoms with Gasteiger partial charge in [-0.15, -0.1) is 0 Å². The molecule has 3 rings (SSSR count). The maximum Gasteiger partial charge on any atom is 0.320 e. The molecule has 1 aliphatic rings. The molecule has 0 aliphatic heterocycles. The molecule has 2 amide bonds. The Balaban J connectivity index is 1.59. The largest absolute Gasteiger partial charge is 0.335 e. The number of amides is 2. The van der Waals surface area contributed by atoms with Gasteiger partial charge in [0.15, 0.2) is 0 Å². The molecule has 134 valence electrons. The van der Waals surface area contributed by atoms with E-state index in [9.17, 15) is 4.79 Å². The van der Waals surface area contributed by atoms with Crippen molar-refractivity contribution < 1.29 is 4.79 Å². The molecule has 1 saturated carbocycles. The SMILES string of the molecule is Cc1cc(NC(=O)N[C@H](C)Cc2cnccn2)n(C2CCCCC2)n1. The molecule has 1 atom stereocenters. The average Bonchev–Trinajstić information content (AvgIpc) is 2.96. The standard InChI is InChI=1S/C18H26N6O/c1-13(10-15-12-19-8-9-20-15)21-18(25)22-17-11-14(2)23-24(17)16-6-4-3-5-7-16/h8-9,11-13,16H,3-7,10H2,1-2H3,(H2,21,22,25)/t13-/m1/s1. The first-order valence-electron chi connectivity index (χ1n) is 9.00. The third kappa shape index (κ3) is 4.78. The molecule has 0 aromatic carbocycles. The zero-order chi connectivity index (χ0) is 17.6. The molecule has 2 aromatic rings. The molecule has 0 saturated heterocycles. The van der Waals surface area contributed by atoms with Gasteiger partial charge in [0, 0.05) is 37.1 Å². The van der Waals surface area contributed by atoms with Crippen LogP contribution in [0.3, 0.4) is 0 Å². The van der Waals surface area contributed by atoms with Gasteiger partial charge in [-0.25, -0.2) is 9.48 Å². The van der Waals surface area contributed by atoms with Gasteiger partial charge in [-0.1, -0.05) is 19.3 Å². The van der Waals surface area contributed by atoms with Crippen molar-refractivity contribution in [2.24, 2.45) is 0 Å². The Morgan fingerprint density at radius 2 is 2.12 bits per heavy atom. The fraction of sp³-hybridized carbons (Fsp3) is 0.556. The third-order valence-corrected chi connectivity index (χ3v) is 4.53. The number of rotatable bonds is 5. The van der Waals surface area contributed by atoms with E-state index in [0.717, 1.165) is 30.0 Å². The highest BCUT2D eigenvalue weighted by atomic mass is 16.2. The van der Waals surface area contributed by atoms with Crippen LogP contribution in [-0.4, -0.2) is 31.8 Å².